The average molecular weight is 313 g/mol. The van der Waals surface area contributed by atoms with Gasteiger partial charge in [0, 0.05) is 25.9 Å². The van der Waals surface area contributed by atoms with Crippen LogP contribution in [0.2, 0.25) is 0 Å². The Hall–Kier alpha value is -2.17. The number of aromatic amines is 1. The van der Waals surface area contributed by atoms with Gasteiger partial charge in [0.1, 0.15) is 5.82 Å². The lowest BCUT2D eigenvalue weighted by Crippen LogP contribution is -2.39. The van der Waals surface area contributed by atoms with Crippen LogP contribution in [0.5, 0.6) is 0 Å². The van der Waals surface area contributed by atoms with E-state index in [0.717, 1.165) is 25.9 Å². The third-order valence-corrected chi connectivity index (χ3v) is 4.69. The van der Waals surface area contributed by atoms with Gasteiger partial charge in [0.05, 0.1) is 10.9 Å². The molecule has 1 aliphatic heterocycles. The van der Waals surface area contributed by atoms with Crippen LogP contribution in [0.4, 0.5) is 0 Å². The van der Waals surface area contributed by atoms with Gasteiger partial charge < -0.3 is 9.88 Å². The fourth-order valence-corrected chi connectivity index (χ4v) is 3.26. The number of carbonyl (C=O) groups is 1. The van der Waals surface area contributed by atoms with E-state index in [1.54, 1.807) is 6.07 Å². The number of aromatic nitrogens is 2. The molecule has 23 heavy (non-hydrogen) atoms. The number of carbonyl (C=O) groups excluding carboxylic acids is 1. The molecule has 1 N–H and O–H groups in total. The average Bonchev–Trinajstić information content (AvgIpc) is 2.60. The summed E-state index contributed by atoms with van der Waals surface area (Å²) in [5.74, 6) is 1.39. The molecule has 0 aliphatic carbocycles. The van der Waals surface area contributed by atoms with E-state index < -0.39 is 0 Å². The molecular weight excluding hydrogens is 290 g/mol. The summed E-state index contributed by atoms with van der Waals surface area (Å²) in [5, 5.41) is 0.587. The number of nitrogens with one attached hydrogen (secondary N) is 1. The minimum Gasteiger partial charge on any atom is -0.342 e. The summed E-state index contributed by atoms with van der Waals surface area (Å²) in [6.07, 6.45) is 4.32. The van der Waals surface area contributed by atoms with Crippen molar-refractivity contribution in [3.8, 4) is 0 Å². The van der Waals surface area contributed by atoms with Gasteiger partial charge in [-0.2, -0.15) is 0 Å². The SMILES string of the molecule is CC[C@H]1CCCN(C(=O)CCc2nc3ccccc3c(=O)[nH]2)C1. The van der Waals surface area contributed by atoms with Crippen molar-refractivity contribution in [1.29, 1.82) is 0 Å². The lowest BCUT2D eigenvalue weighted by atomic mass is 9.95. The van der Waals surface area contributed by atoms with Gasteiger partial charge in [-0.15, -0.1) is 0 Å². The van der Waals surface area contributed by atoms with Crippen LogP contribution < -0.4 is 5.56 Å². The first-order valence-corrected chi connectivity index (χ1v) is 8.43. The standard InChI is InChI=1S/C18H23N3O2/c1-2-13-6-5-11-21(12-13)17(22)10-9-16-19-15-8-4-3-7-14(15)18(23)20-16/h3-4,7-8,13H,2,5-6,9-12H2,1H3,(H,19,20,23)/t13-/m0/s1. The van der Waals surface area contributed by atoms with Crippen molar-refractivity contribution in [3.05, 3.63) is 40.4 Å². The van der Waals surface area contributed by atoms with Gasteiger partial charge in [0.15, 0.2) is 0 Å². The molecular formula is C18H23N3O2. The van der Waals surface area contributed by atoms with Gasteiger partial charge in [-0.05, 0) is 30.9 Å². The molecule has 1 saturated heterocycles. The van der Waals surface area contributed by atoms with Crippen LogP contribution in [-0.4, -0.2) is 33.9 Å². The molecule has 0 spiro atoms. The zero-order valence-corrected chi connectivity index (χ0v) is 13.5. The lowest BCUT2D eigenvalue weighted by molar-refractivity contribution is -0.133. The molecule has 5 heteroatoms. The number of hydrogen-bond acceptors (Lipinski definition) is 3. The number of likely N-dealkylation sites (tertiary alicyclic amines) is 1. The maximum atomic E-state index is 12.4. The molecule has 0 saturated carbocycles. The summed E-state index contributed by atoms with van der Waals surface area (Å²) in [7, 11) is 0. The zero-order chi connectivity index (χ0) is 16.2. The summed E-state index contributed by atoms with van der Waals surface area (Å²) in [6, 6.07) is 7.27. The molecule has 1 atom stereocenters. The second-order valence-electron chi connectivity index (χ2n) is 6.29. The Kier molecular flexibility index (Phi) is 4.74. The van der Waals surface area contributed by atoms with Gasteiger partial charge in [-0.1, -0.05) is 25.5 Å². The fourth-order valence-electron chi connectivity index (χ4n) is 3.26. The van der Waals surface area contributed by atoms with Crippen molar-refractivity contribution in [2.24, 2.45) is 5.92 Å². The van der Waals surface area contributed by atoms with Crippen LogP contribution in [0.15, 0.2) is 29.1 Å². The molecule has 5 nitrogen and oxygen atoms in total. The van der Waals surface area contributed by atoms with E-state index in [-0.39, 0.29) is 11.5 Å². The van der Waals surface area contributed by atoms with Crippen LogP contribution in [0.25, 0.3) is 10.9 Å². The van der Waals surface area contributed by atoms with E-state index >= 15 is 0 Å². The first-order chi connectivity index (χ1) is 11.2. The smallest absolute Gasteiger partial charge is 0.258 e. The van der Waals surface area contributed by atoms with E-state index in [4.69, 9.17) is 0 Å². The Labute approximate surface area is 135 Å². The molecule has 2 aromatic rings. The van der Waals surface area contributed by atoms with E-state index in [0.29, 0.717) is 35.5 Å². The van der Waals surface area contributed by atoms with Gasteiger partial charge in [-0.3, -0.25) is 9.59 Å². The van der Waals surface area contributed by atoms with Crippen molar-refractivity contribution < 1.29 is 4.79 Å². The Morgan fingerprint density at radius 1 is 1.39 bits per heavy atom. The third-order valence-electron chi connectivity index (χ3n) is 4.69. The number of aryl methyl sites for hydroxylation is 1. The van der Waals surface area contributed by atoms with E-state index in [2.05, 4.69) is 16.9 Å². The monoisotopic (exact) mass is 313 g/mol. The molecule has 1 fully saturated rings. The highest BCUT2D eigenvalue weighted by Gasteiger charge is 2.22. The van der Waals surface area contributed by atoms with E-state index in [1.807, 2.05) is 23.1 Å². The van der Waals surface area contributed by atoms with Gasteiger partial charge in [-0.25, -0.2) is 4.98 Å². The molecule has 1 aromatic carbocycles. The number of nitrogens with zero attached hydrogens (tertiary/aromatic N) is 2. The zero-order valence-electron chi connectivity index (χ0n) is 13.5. The van der Waals surface area contributed by atoms with Gasteiger partial charge in [0.25, 0.3) is 5.56 Å². The summed E-state index contributed by atoms with van der Waals surface area (Å²) in [5.41, 5.74) is 0.546. The Balaban J connectivity index is 1.66. The van der Waals surface area contributed by atoms with Crippen molar-refractivity contribution in [2.45, 2.75) is 39.0 Å². The largest absolute Gasteiger partial charge is 0.342 e. The minimum absolute atomic E-state index is 0.137. The second-order valence-corrected chi connectivity index (χ2v) is 6.29. The molecule has 0 bridgehead atoms. The quantitative estimate of drug-likeness (QED) is 0.943. The van der Waals surface area contributed by atoms with Crippen LogP contribution in [0.1, 0.15) is 38.4 Å². The second kappa shape index (κ2) is 6.94. The first kappa shape index (κ1) is 15.7. The van der Waals surface area contributed by atoms with Crippen molar-refractivity contribution in [1.82, 2.24) is 14.9 Å². The summed E-state index contributed by atoms with van der Waals surface area (Å²) in [4.78, 5) is 33.6. The van der Waals surface area contributed by atoms with Crippen LogP contribution >= 0.6 is 0 Å². The van der Waals surface area contributed by atoms with E-state index in [9.17, 15) is 9.59 Å². The molecule has 2 heterocycles. The number of H-pyrrole nitrogens is 1. The Morgan fingerprint density at radius 2 is 2.22 bits per heavy atom. The highest BCUT2D eigenvalue weighted by molar-refractivity contribution is 5.78. The predicted molar refractivity (Wildman–Crippen MR) is 90.3 cm³/mol. The van der Waals surface area contributed by atoms with E-state index in [1.165, 1.54) is 6.42 Å². The number of rotatable bonds is 4. The fraction of sp³-hybridized carbons (Fsp3) is 0.500. The highest BCUT2D eigenvalue weighted by Crippen LogP contribution is 2.20. The first-order valence-electron chi connectivity index (χ1n) is 8.43. The number of amides is 1. The number of benzene rings is 1. The van der Waals surface area contributed by atoms with Crippen molar-refractivity contribution >= 4 is 16.8 Å². The van der Waals surface area contributed by atoms with Crippen LogP contribution in [-0.2, 0) is 11.2 Å². The van der Waals surface area contributed by atoms with Crippen molar-refractivity contribution in [2.75, 3.05) is 13.1 Å². The summed E-state index contributed by atoms with van der Waals surface area (Å²) >= 11 is 0. The number of fused-ring (bicyclic) bond motifs is 1. The third kappa shape index (κ3) is 3.60. The number of piperidine rings is 1. The lowest BCUT2D eigenvalue weighted by Gasteiger charge is -2.32. The van der Waals surface area contributed by atoms with Crippen LogP contribution in [0.3, 0.4) is 0 Å². The molecule has 1 aromatic heterocycles. The number of hydrogen-bond donors (Lipinski definition) is 1. The maximum Gasteiger partial charge on any atom is 0.258 e. The molecule has 122 valence electrons. The molecule has 0 radical (unpaired) electrons. The number of para-hydroxylation sites is 1. The van der Waals surface area contributed by atoms with Gasteiger partial charge >= 0.3 is 0 Å². The predicted octanol–water partition coefficient (Wildman–Crippen LogP) is 2.50. The van der Waals surface area contributed by atoms with Crippen LogP contribution in [0, 0.1) is 5.92 Å². The summed E-state index contributed by atoms with van der Waals surface area (Å²) in [6.45, 7) is 3.91. The highest BCUT2D eigenvalue weighted by atomic mass is 16.2. The normalized spacial score (nSPS) is 18.3. The van der Waals surface area contributed by atoms with Gasteiger partial charge in [0.2, 0.25) is 5.91 Å². The van der Waals surface area contributed by atoms with Crippen molar-refractivity contribution in [3.63, 3.8) is 0 Å². The Morgan fingerprint density at radius 3 is 3.04 bits per heavy atom. The maximum absolute atomic E-state index is 12.4. The molecule has 0 unspecified atom stereocenters. The molecule has 1 aliphatic rings. The topological polar surface area (TPSA) is 66.1 Å². The summed E-state index contributed by atoms with van der Waals surface area (Å²) < 4.78 is 0. The molecule has 3 rings (SSSR count). The molecule has 1 amide bonds. The minimum atomic E-state index is -0.137. The Bertz CT molecular complexity index is 753.